The van der Waals surface area contributed by atoms with Crippen LogP contribution >= 0.6 is 15.9 Å². The monoisotopic (exact) mass is 289 g/mol. The van der Waals surface area contributed by atoms with Crippen molar-refractivity contribution in [1.29, 1.82) is 0 Å². The highest BCUT2D eigenvalue weighted by Gasteiger charge is 2.21. The maximum absolute atomic E-state index is 9.94. The fourth-order valence-electron chi connectivity index (χ4n) is 1.46. The van der Waals surface area contributed by atoms with Crippen molar-refractivity contribution in [1.82, 2.24) is 5.32 Å². The number of likely N-dealkylation sites (N-methyl/N-ethyl adjacent to an activating group) is 1. The second kappa shape index (κ2) is 6.20. The molecule has 1 aromatic rings. The van der Waals surface area contributed by atoms with Crippen molar-refractivity contribution in [3.05, 3.63) is 28.2 Å². The number of nitrogens with one attached hydrogen (secondary N) is 1. The number of hydrogen-bond acceptors (Lipinski definition) is 4. The van der Waals surface area contributed by atoms with E-state index in [4.69, 9.17) is 4.74 Å². The number of benzene rings is 1. The average molecular weight is 290 g/mol. The maximum Gasteiger partial charge on any atom is 0.125 e. The van der Waals surface area contributed by atoms with Gasteiger partial charge in [0.15, 0.2) is 0 Å². The summed E-state index contributed by atoms with van der Waals surface area (Å²) in [5.41, 5.74) is 0.577. The van der Waals surface area contributed by atoms with Gasteiger partial charge in [-0.3, -0.25) is 0 Å². The van der Waals surface area contributed by atoms with E-state index in [9.17, 15) is 10.2 Å². The topological polar surface area (TPSA) is 61.7 Å². The Balaban J connectivity index is 2.93. The largest absolute Gasteiger partial charge is 0.496 e. The molecule has 2 atom stereocenters. The first-order valence-electron chi connectivity index (χ1n) is 4.94. The highest BCUT2D eigenvalue weighted by Crippen LogP contribution is 2.30. The molecular weight excluding hydrogens is 274 g/mol. The Hall–Kier alpha value is -0.620. The molecule has 0 saturated carbocycles. The summed E-state index contributed by atoms with van der Waals surface area (Å²) in [7, 11) is 3.25. The number of methoxy groups -OCH3 is 1. The summed E-state index contributed by atoms with van der Waals surface area (Å²) in [6.45, 7) is 0.320. The summed E-state index contributed by atoms with van der Waals surface area (Å²) < 4.78 is 6.02. The predicted octanol–water partition coefficient (Wildman–Crippen LogP) is 1.07. The number of aliphatic hydroxyl groups is 2. The second-order valence-electron chi connectivity index (χ2n) is 3.46. The summed E-state index contributed by atoms with van der Waals surface area (Å²) in [5.74, 6) is 0.553. The van der Waals surface area contributed by atoms with E-state index in [-0.39, 0.29) is 0 Å². The molecule has 0 heterocycles. The number of ether oxygens (including phenoxy) is 1. The summed E-state index contributed by atoms with van der Waals surface area (Å²) >= 11 is 3.32. The van der Waals surface area contributed by atoms with Gasteiger partial charge in [-0.1, -0.05) is 22.0 Å². The van der Waals surface area contributed by atoms with E-state index in [2.05, 4.69) is 21.2 Å². The van der Waals surface area contributed by atoms with Crippen LogP contribution in [0.25, 0.3) is 0 Å². The molecular formula is C11H16BrNO3. The van der Waals surface area contributed by atoms with E-state index in [0.717, 1.165) is 4.47 Å². The zero-order valence-electron chi connectivity index (χ0n) is 9.27. The van der Waals surface area contributed by atoms with E-state index >= 15 is 0 Å². The fraction of sp³-hybridized carbons (Fsp3) is 0.455. The summed E-state index contributed by atoms with van der Waals surface area (Å²) in [6.07, 6.45) is -1.82. The molecule has 5 heteroatoms. The summed E-state index contributed by atoms with van der Waals surface area (Å²) in [5, 5.41) is 22.4. The molecule has 3 N–H and O–H groups in total. The minimum Gasteiger partial charge on any atom is -0.496 e. The van der Waals surface area contributed by atoms with Gasteiger partial charge in [-0.05, 0) is 19.2 Å². The van der Waals surface area contributed by atoms with Crippen molar-refractivity contribution in [2.75, 3.05) is 20.7 Å². The molecule has 0 amide bonds. The molecule has 0 saturated heterocycles. The molecule has 0 aliphatic heterocycles. The Bertz CT molecular complexity index is 346. The first-order chi connectivity index (χ1) is 7.60. The molecule has 16 heavy (non-hydrogen) atoms. The summed E-state index contributed by atoms with van der Waals surface area (Å²) in [4.78, 5) is 0. The van der Waals surface area contributed by atoms with E-state index in [1.165, 1.54) is 7.11 Å². The maximum atomic E-state index is 9.94. The van der Waals surface area contributed by atoms with E-state index in [1.54, 1.807) is 25.2 Å². The lowest BCUT2D eigenvalue weighted by Crippen LogP contribution is -2.29. The van der Waals surface area contributed by atoms with Crippen molar-refractivity contribution < 1.29 is 14.9 Å². The van der Waals surface area contributed by atoms with Gasteiger partial charge in [-0.15, -0.1) is 0 Å². The zero-order chi connectivity index (χ0) is 12.1. The quantitative estimate of drug-likeness (QED) is 0.759. The summed E-state index contributed by atoms with van der Waals surface area (Å²) in [6, 6.07) is 5.28. The molecule has 0 fully saturated rings. The van der Waals surface area contributed by atoms with Crippen molar-refractivity contribution in [3.8, 4) is 5.75 Å². The minimum atomic E-state index is -0.963. The first-order valence-corrected chi connectivity index (χ1v) is 5.73. The minimum absolute atomic E-state index is 0.320. The van der Waals surface area contributed by atoms with Gasteiger partial charge in [0.25, 0.3) is 0 Å². The van der Waals surface area contributed by atoms with Crippen LogP contribution in [-0.2, 0) is 0 Å². The SMILES string of the molecule is CNCC(O)C(O)c1ccc(Br)cc1OC. The lowest BCUT2D eigenvalue weighted by molar-refractivity contribution is 0.0188. The molecule has 4 nitrogen and oxygen atoms in total. The van der Waals surface area contributed by atoms with Gasteiger partial charge < -0.3 is 20.3 Å². The van der Waals surface area contributed by atoms with E-state index in [0.29, 0.717) is 17.9 Å². The molecule has 1 rings (SSSR count). The van der Waals surface area contributed by atoms with Crippen LogP contribution in [0.1, 0.15) is 11.7 Å². The Morgan fingerprint density at radius 3 is 2.69 bits per heavy atom. The van der Waals surface area contributed by atoms with Crippen LogP contribution in [-0.4, -0.2) is 37.0 Å². The lowest BCUT2D eigenvalue weighted by Gasteiger charge is -2.20. The average Bonchev–Trinajstić information content (AvgIpc) is 2.28. The normalized spacial score (nSPS) is 14.6. The van der Waals surface area contributed by atoms with Crippen LogP contribution < -0.4 is 10.1 Å². The molecule has 0 radical (unpaired) electrons. The second-order valence-corrected chi connectivity index (χ2v) is 4.37. The third-order valence-corrected chi connectivity index (χ3v) is 2.79. The van der Waals surface area contributed by atoms with Crippen molar-refractivity contribution in [3.63, 3.8) is 0 Å². The molecule has 2 unspecified atom stereocenters. The van der Waals surface area contributed by atoms with Crippen LogP contribution in [0.3, 0.4) is 0 Å². The molecule has 1 aromatic carbocycles. The van der Waals surface area contributed by atoms with Gasteiger partial charge in [-0.2, -0.15) is 0 Å². The lowest BCUT2D eigenvalue weighted by atomic mass is 10.0. The number of halogens is 1. The smallest absolute Gasteiger partial charge is 0.125 e. The van der Waals surface area contributed by atoms with Gasteiger partial charge >= 0.3 is 0 Å². The van der Waals surface area contributed by atoms with Crippen LogP contribution in [0.15, 0.2) is 22.7 Å². The molecule has 0 aromatic heterocycles. The van der Waals surface area contributed by atoms with Gasteiger partial charge in [-0.25, -0.2) is 0 Å². The van der Waals surface area contributed by atoms with Gasteiger partial charge in [0.05, 0.1) is 13.2 Å². The fourth-order valence-corrected chi connectivity index (χ4v) is 1.80. The van der Waals surface area contributed by atoms with Crippen LogP contribution in [0.2, 0.25) is 0 Å². The number of rotatable bonds is 5. The standard InChI is InChI=1S/C11H16BrNO3/c1-13-6-9(14)11(15)8-4-3-7(12)5-10(8)16-2/h3-5,9,11,13-15H,6H2,1-2H3. The van der Waals surface area contributed by atoms with Gasteiger partial charge in [0.2, 0.25) is 0 Å². The Kier molecular flexibility index (Phi) is 5.21. The Labute approximate surface area is 103 Å². The van der Waals surface area contributed by atoms with Gasteiger partial charge in [0, 0.05) is 16.6 Å². The first kappa shape index (κ1) is 13.4. The van der Waals surface area contributed by atoms with Crippen LogP contribution in [0, 0.1) is 0 Å². The third-order valence-electron chi connectivity index (χ3n) is 2.29. The van der Waals surface area contributed by atoms with E-state index < -0.39 is 12.2 Å². The number of aliphatic hydroxyl groups excluding tert-OH is 2. The highest BCUT2D eigenvalue weighted by molar-refractivity contribution is 9.10. The Morgan fingerprint density at radius 1 is 1.44 bits per heavy atom. The van der Waals surface area contributed by atoms with Crippen molar-refractivity contribution in [2.45, 2.75) is 12.2 Å². The van der Waals surface area contributed by atoms with Gasteiger partial charge in [0.1, 0.15) is 11.9 Å². The van der Waals surface area contributed by atoms with E-state index in [1.807, 2.05) is 0 Å². The molecule has 90 valence electrons. The van der Waals surface area contributed by atoms with Crippen molar-refractivity contribution >= 4 is 15.9 Å². The van der Waals surface area contributed by atoms with Crippen LogP contribution in [0.4, 0.5) is 0 Å². The molecule has 0 spiro atoms. The molecule has 0 aliphatic carbocycles. The molecule has 0 bridgehead atoms. The van der Waals surface area contributed by atoms with Crippen LogP contribution in [0.5, 0.6) is 5.75 Å². The Morgan fingerprint density at radius 2 is 2.12 bits per heavy atom. The zero-order valence-corrected chi connectivity index (χ0v) is 10.9. The third kappa shape index (κ3) is 3.18. The molecule has 0 aliphatic rings. The van der Waals surface area contributed by atoms with Crippen molar-refractivity contribution in [2.24, 2.45) is 0 Å². The predicted molar refractivity (Wildman–Crippen MR) is 65.6 cm³/mol. The highest BCUT2D eigenvalue weighted by atomic mass is 79.9. The number of hydrogen-bond donors (Lipinski definition) is 3.